The van der Waals surface area contributed by atoms with Gasteiger partial charge in [0.1, 0.15) is 17.2 Å². The number of hydrogen-bond donors (Lipinski definition) is 1. The Hall–Kier alpha value is -1.35. The molecule has 1 heterocycles. The molecule has 1 aromatic heterocycles. The van der Waals surface area contributed by atoms with Crippen LogP contribution in [0.3, 0.4) is 0 Å². The maximum atomic E-state index is 13.3. The predicted molar refractivity (Wildman–Crippen MR) is 67.6 cm³/mol. The molecule has 0 saturated heterocycles. The lowest BCUT2D eigenvalue weighted by Crippen LogP contribution is -2.15. The first-order valence-corrected chi connectivity index (χ1v) is 5.79. The SMILES string of the molecule is CNCc1oc2ccc(F)cc2c1C(C)(C)C. The van der Waals surface area contributed by atoms with Gasteiger partial charge in [-0.2, -0.15) is 0 Å². The Labute approximate surface area is 101 Å². The van der Waals surface area contributed by atoms with E-state index in [4.69, 9.17) is 4.42 Å². The first kappa shape index (κ1) is 12.1. The molecular formula is C14H18FNO. The van der Waals surface area contributed by atoms with E-state index in [0.29, 0.717) is 6.54 Å². The molecule has 0 radical (unpaired) electrons. The van der Waals surface area contributed by atoms with Gasteiger partial charge in [-0.05, 0) is 30.7 Å². The number of rotatable bonds is 2. The summed E-state index contributed by atoms with van der Waals surface area (Å²) in [7, 11) is 1.88. The molecule has 0 atom stereocenters. The van der Waals surface area contributed by atoms with Gasteiger partial charge in [-0.25, -0.2) is 4.39 Å². The normalized spacial score (nSPS) is 12.3. The molecule has 17 heavy (non-hydrogen) atoms. The monoisotopic (exact) mass is 235 g/mol. The van der Waals surface area contributed by atoms with Gasteiger partial charge in [0.05, 0.1) is 6.54 Å². The fourth-order valence-electron chi connectivity index (χ4n) is 2.23. The van der Waals surface area contributed by atoms with Crippen LogP contribution >= 0.6 is 0 Å². The number of halogens is 1. The Balaban J connectivity index is 2.73. The number of furan rings is 1. The van der Waals surface area contributed by atoms with Crippen LogP contribution in [0.15, 0.2) is 22.6 Å². The lowest BCUT2D eigenvalue weighted by Gasteiger charge is -2.19. The lowest BCUT2D eigenvalue weighted by molar-refractivity contribution is 0.495. The summed E-state index contributed by atoms with van der Waals surface area (Å²) in [5.74, 6) is 0.667. The second-order valence-corrected chi connectivity index (χ2v) is 5.32. The number of nitrogens with one attached hydrogen (secondary N) is 1. The van der Waals surface area contributed by atoms with Crippen molar-refractivity contribution in [2.75, 3.05) is 7.05 Å². The van der Waals surface area contributed by atoms with Crippen molar-refractivity contribution in [2.24, 2.45) is 0 Å². The van der Waals surface area contributed by atoms with E-state index < -0.39 is 0 Å². The zero-order chi connectivity index (χ0) is 12.6. The maximum absolute atomic E-state index is 13.3. The number of hydrogen-bond acceptors (Lipinski definition) is 2. The van der Waals surface area contributed by atoms with Crippen molar-refractivity contribution < 1.29 is 8.81 Å². The minimum atomic E-state index is -0.222. The first-order valence-electron chi connectivity index (χ1n) is 5.79. The number of fused-ring (bicyclic) bond motifs is 1. The standard InChI is InChI=1S/C14H18FNO/c1-14(2,3)13-10-7-9(15)5-6-11(10)17-12(13)8-16-4/h5-7,16H,8H2,1-4H3. The molecule has 0 aliphatic rings. The quantitative estimate of drug-likeness (QED) is 0.860. The van der Waals surface area contributed by atoms with Gasteiger partial charge >= 0.3 is 0 Å². The average Bonchev–Trinajstić information content (AvgIpc) is 2.54. The molecule has 3 heteroatoms. The van der Waals surface area contributed by atoms with Crippen LogP contribution in [0.1, 0.15) is 32.1 Å². The van der Waals surface area contributed by atoms with E-state index in [1.54, 1.807) is 12.1 Å². The lowest BCUT2D eigenvalue weighted by atomic mass is 9.85. The summed E-state index contributed by atoms with van der Waals surface area (Å²) in [6, 6.07) is 4.68. The van der Waals surface area contributed by atoms with E-state index in [1.807, 2.05) is 7.05 Å². The van der Waals surface area contributed by atoms with Crippen molar-refractivity contribution in [3.8, 4) is 0 Å². The maximum Gasteiger partial charge on any atom is 0.134 e. The van der Waals surface area contributed by atoms with E-state index in [-0.39, 0.29) is 11.2 Å². The molecule has 1 aromatic carbocycles. The van der Waals surface area contributed by atoms with Gasteiger partial charge in [0.25, 0.3) is 0 Å². The van der Waals surface area contributed by atoms with Gasteiger partial charge in [0.2, 0.25) is 0 Å². The van der Waals surface area contributed by atoms with Gasteiger partial charge < -0.3 is 9.73 Å². The molecule has 0 bridgehead atoms. The summed E-state index contributed by atoms with van der Waals surface area (Å²) in [4.78, 5) is 0. The minimum Gasteiger partial charge on any atom is -0.459 e. The van der Waals surface area contributed by atoms with Gasteiger partial charge in [-0.15, -0.1) is 0 Å². The summed E-state index contributed by atoms with van der Waals surface area (Å²) in [5.41, 5.74) is 1.77. The first-order chi connectivity index (χ1) is 7.93. The van der Waals surface area contributed by atoms with Crippen molar-refractivity contribution >= 4 is 11.0 Å². The zero-order valence-corrected chi connectivity index (χ0v) is 10.7. The van der Waals surface area contributed by atoms with Crippen molar-refractivity contribution in [1.82, 2.24) is 5.32 Å². The van der Waals surface area contributed by atoms with E-state index in [0.717, 1.165) is 22.3 Å². The van der Waals surface area contributed by atoms with Gasteiger partial charge in [-0.1, -0.05) is 20.8 Å². The minimum absolute atomic E-state index is 0.0643. The summed E-state index contributed by atoms with van der Waals surface area (Å²) in [6.45, 7) is 6.99. The smallest absolute Gasteiger partial charge is 0.134 e. The molecule has 0 spiro atoms. The molecule has 92 valence electrons. The van der Waals surface area contributed by atoms with Crippen LogP contribution < -0.4 is 5.32 Å². The van der Waals surface area contributed by atoms with E-state index in [2.05, 4.69) is 26.1 Å². The summed E-state index contributed by atoms with van der Waals surface area (Å²) in [6.07, 6.45) is 0. The predicted octanol–water partition coefficient (Wildman–Crippen LogP) is 3.59. The van der Waals surface area contributed by atoms with E-state index in [1.165, 1.54) is 6.07 Å². The second kappa shape index (κ2) is 4.15. The van der Waals surface area contributed by atoms with Crippen LogP contribution in [0.2, 0.25) is 0 Å². The molecule has 0 unspecified atom stereocenters. The molecule has 0 aliphatic carbocycles. The summed E-state index contributed by atoms with van der Waals surface area (Å²) >= 11 is 0. The fraction of sp³-hybridized carbons (Fsp3) is 0.429. The van der Waals surface area contributed by atoms with Gasteiger partial charge in [0, 0.05) is 10.9 Å². The molecule has 1 N–H and O–H groups in total. The highest BCUT2D eigenvalue weighted by molar-refractivity contribution is 5.83. The highest BCUT2D eigenvalue weighted by Gasteiger charge is 2.24. The zero-order valence-electron chi connectivity index (χ0n) is 10.7. The molecule has 0 amide bonds. The Morgan fingerprint density at radius 2 is 2.00 bits per heavy atom. The van der Waals surface area contributed by atoms with Crippen LogP contribution in [-0.4, -0.2) is 7.05 Å². The highest BCUT2D eigenvalue weighted by Crippen LogP contribution is 2.35. The van der Waals surface area contributed by atoms with Crippen LogP contribution in [0.5, 0.6) is 0 Å². The Bertz CT molecular complexity index is 537. The van der Waals surface area contributed by atoms with Gasteiger partial charge in [0.15, 0.2) is 0 Å². The van der Waals surface area contributed by atoms with Gasteiger partial charge in [-0.3, -0.25) is 0 Å². The Kier molecular flexibility index (Phi) is 2.96. The van der Waals surface area contributed by atoms with Crippen LogP contribution in [0, 0.1) is 5.82 Å². The molecule has 0 fully saturated rings. The molecule has 0 aliphatic heterocycles. The summed E-state index contributed by atoms with van der Waals surface area (Å²) in [5, 5.41) is 3.96. The molecule has 2 rings (SSSR count). The number of benzene rings is 1. The molecule has 0 saturated carbocycles. The third-order valence-electron chi connectivity index (χ3n) is 2.81. The third kappa shape index (κ3) is 2.20. The van der Waals surface area contributed by atoms with Crippen molar-refractivity contribution in [2.45, 2.75) is 32.7 Å². The topological polar surface area (TPSA) is 25.2 Å². The second-order valence-electron chi connectivity index (χ2n) is 5.32. The van der Waals surface area contributed by atoms with E-state index >= 15 is 0 Å². The molecular weight excluding hydrogens is 217 g/mol. The molecule has 2 nitrogen and oxygen atoms in total. The fourth-order valence-corrected chi connectivity index (χ4v) is 2.23. The molecule has 2 aromatic rings. The van der Waals surface area contributed by atoms with Crippen molar-refractivity contribution in [1.29, 1.82) is 0 Å². The van der Waals surface area contributed by atoms with Crippen LogP contribution in [0.25, 0.3) is 11.0 Å². The average molecular weight is 235 g/mol. The summed E-state index contributed by atoms with van der Waals surface area (Å²) < 4.78 is 19.1. The van der Waals surface area contributed by atoms with Crippen LogP contribution in [0.4, 0.5) is 4.39 Å². The largest absolute Gasteiger partial charge is 0.459 e. The van der Waals surface area contributed by atoms with E-state index in [9.17, 15) is 4.39 Å². The van der Waals surface area contributed by atoms with Crippen molar-refractivity contribution in [3.05, 3.63) is 35.3 Å². The van der Waals surface area contributed by atoms with Crippen molar-refractivity contribution in [3.63, 3.8) is 0 Å². The van der Waals surface area contributed by atoms with Crippen LogP contribution in [-0.2, 0) is 12.0 Å². The Morgan fingerprint density at radius 1 is 1.29 bits per heavy atom. The Morgan fingerprint density at radius 3 is 2.59 bits per heavy atom. The highest BCUT2D eigenvalue weighted by atomic mass is 19.1. The third-order valence-corrected chi connectivity index (χ3v) is 2.81.